The van der Waals surface area contributed by atoms with E-state index in [2.05, 4.69) is 33.0 Å². The lowest BCUT2D eigenvalue weighted by Crippen LogP contribution is -2.32. The first kappa shape index (κ1) is 13.9. The first-order valence-corrected chi connectivity index (χ1v) is 5.82. The summed E-state index contributed by atoms with van der Waals surface area (Å²) in [7, 11) is 1.78. The molecular formula is C12H27NO. The molecule has 0 spiro atoms. The fourth-order valence-electron chi connectivity index (χ4n) is 1.96. The van der Waals surface area contributed by atoms with Gasteiger partial charge in [-0.05, 0) is 31.2 Å². The lowest BCUT2D eigenvalue weighted by atomic mass is 9.95. The zero-order valence-electron chi connectivity index (χ0n) is 10.5. The first-order chi connectivity index (χ1) is 6.60. The van der Waals surface area contributed by atoms with E-state index in [4.69, 9.17) is 4.74 Å². The molecule has 2 atom stereocenters. The Morgan fingerprint density at radius 2 is 1.79 bits per heavy atom. The van der Waals surface area contributed by atoms with Crippen LogP contribution in [0.1, 0.15) is 40.5 Å². The molecule has 86 valence electrons. The van der Waals surface area contributed by atoms with Crippen LogP contribution in [0.4, 0.5) is 0 Å². The van der Waals surface area contributed by atoms with E-state index in [1.807, 2.05) is 0 Å². The molecule has 1 N–H and O–H groups in total. The Morgan fingerprint density at radius 1 is 1.14 bits per heavy atom. The van der Waals surface area contributed by atoms with E-state index < -0.39 is 0 Å². The predicted octanol–water partition coefficient (Wildman–Crippen LogP) is 2.68. The van der Waals surface area contributed by atoms with Gasteiger partial charge >= 0.3 is 0 Å². The molecule has 0 aliphatic carbocycles. The van der Waals surface area contributed by atoms with Gasteiger partial charge in [0.2, 0.25) is 0 Å². The Labute approximate surface area is 89.4 Å². The van der Waals surface area contributed by atoms with Gasteiger partial charge in [-0.15, -0.1) is 0 Å². The van der Waals surface area contributed by atoms with Crippen molar-refractivity contribution in [2.24, 2.45) is 11.8 Å². The molecule has 0 aliphatic heterocycles. The molecule has 0 saturated heterocycles. The summed E-state index contributed by atoms with van der Waals surface area (Å²) in [5.41, 5.74) is 0. The molecule has 0 saturated carbocycles. The van der Waals surface area contributed by atoms with Crippen molar-refractivity contribution in [1.82, 2.24) is 5.32 Å². The van der Waals surface area contributed by atoms with Crippen LogP contribution in [0.5, 0.6) is 0 Å². The summed E-state index contributed by atoms with van der Waals surface area (Å²) in [6.07, 6.45) is 2.49. The molecule has 0 heterocycles. The number of hydrogen-bond acceptors (Lipinski definition) is 2. The van der Waals surface area contributed by atoms with Crippen molar-refractivity contribution in [1.29, 1.82) is 0 Å². The van der Waals surface area contributed by atoms with Crippen molar-refractivity contribution in [3.8, 4) is 0 Å². The van der Waals surface area contributed by atoms with Gasteiger partial charge in [0.05, 0.1) is 0 Å². The molecule has 0 amide bonds. The van der Waals surface area contributed by atoms with E-state index in [9.17, 15) is 0 Å². The van der Waals surface area contributed by atoms with Crippen LogP contribution in [0, 0.1) is 11.8 Å². The van der Waals surface area contributed by atoms with Gasteiger partial charge < -0.3 is 10.1 Å². The van der Waals surface area contributed by atoms with Crippen LogP contribution in [0.3, 0.4) is 0 Å². The van der Waals surface area contributed by atoms with Crippen molar-refractivity contribution < 1.29 is 4.74 Å². The molecule has 14 heavy (non-hydrogen) atoms. The monoisotopic (exact) mass is 201 g/mol. The molecule has 0 fully saturated rings. The number of hydrogen-bond donors (Lipinski definition) is 1. The van der Waals surface area contributed by atoms with Crippen LogP contribution >= 0.6 is 0 Å². The minimum absolute atomic E-state index is 0.655. The van der Waals surface area contributed by atoms with Crippen LogP contribution in [0.25, 0.3) is 0 Å². The highest BCUT2D eigenvalue weighted by molar-refractivity contribution is 4.70. The van der Waals surface area contributed by atoms with Crippen molar-refractivity contribution in [2.45, 2.75) is 46.6 Å². The van der Waals surface area contributed by atoms with Gasteiger partial charge in [0.15, 0.2) is 0 Å². The standard InChI is InChI=1S/C12H27NO/c1-6-13-12(7-10(2)3)8-11(4)9-14-5/h10-13H,6-9H2,1-5H3. The van der Waals surface area contributed by atoms with Crippen molar-refractivity contribution in [3.05, 3.63) is 0 Å². The molecule has 0 bridgehead atoms. The van der Waals surface area contributed by atoms with Crippen LogP contribution in [-0.4, -0.2) is 26.3 Å². The molecule has 2 unspecified atom stereocenters. The smallest absolute Gasteiger partial charge is 0.0488 e. The summed E-state index contributed by atoms with van der Waals surface area (Å²) >= 11 is 0. The topological polar surface area (TPSA) is 21.3 Å². The molecule has 0 radical (unpaired) electrons. The summed E-state index contributed by atoms with van der Waals surface area (Å²) in [5, 5.41) is 3.55. The molecule has 0 aliphatic rings. The van der Waals surface area contributed by atoms with E-state index >= 15 is 0 Å². The Bertz CT molecular complexity index is 125. The van der Waals surface area contributed by atoms with Crippen molar-refractivity contribution in [2.75, 3.05) is 20.3 Å². The second kappa shape index (κ2) is 8.25. The van der Waals surface area contributed by atoms with Crippen molar-refractivity contribution >= 4 is 0 Å². The van der Waals surface area contributed by atoms with Gasteiger partial charge in [0.25, 0.3) is 0 Å². The number of ether oxygens (including phenoxy) is 1. The third-order valence-corrected chi connectivity index (χ3v) is 2.39. The highest BCUT2D eigenvalue weighted by atomic mass is 16.5. The fraction of sp³-hybridized carbons (Fsp3) is 1.00. The van der Waals surface area contributed by atoms with E-state index in [1.165, 1.54) is 12.8 Å². The summed E-state index contributed by atoms with van der Waals surface area (Å²) in [4.78, 5) is 0. The molecule has 0 aromatic carbocycles. The number of rotatable bonds is 8. The summed E-state index contributed by atoms with van der Waals surface area (Å²) in [6, 6.07) is 0.658. The Balaban J connectivity index is 3.81. The third-order valence-electron chi connectivity index (χ3n) is 2.39. The second-order valence-electron chi connectivity index (χ2n) is 4.68. The lowest BCUT2D eigenvalue weighted by Gasteiger charge is -2.23. The maximum absolute atomic E-state index is 5.16. The van der Waals surface area contributed by atoms with Gasteiger partial charge in [-0.2, -0.15) is 0 Å². The average Bonchev–Trinajstić information content (AvgIpc) is 2.03. The SMILES string of the molecule is CCNC(CC(C)C)CC(C)COC. The van der Waals surface area contributed by atoms with Crippen LogP contribution in [0.15, 0.2) is 0 Å². The maximum Gasteiger partial charge on any atom is 0.0488 e. The molecule has 0 rings (SSSR count). The summed E-state index contributed by atoms with van der Waals surface area (Å²) in [6.45, 7) is 10.9. The largest absolute Gasteiger partial charge is 0.384 e. The zero-order chi connectivity index (χ0) is 11.0. The van der Waals surface area contributed by atoms with E-state index in [-0.39, 0.29) is 0 Å². The fourth-order valence-corrected chi connectivity index (χ4v) is 1.96. The van der Waals surface area contributed by atoms with Crippen molar-refractivity contribution in [3.63, 3.8) is 0 Å². The lowest BCUT2D eigenvalue weighted by molar-refractivity contribution is 0.147. The number of nitrogens with one attached hydrogen (secondary N) is 1. The van der Waals surface area contributed by atoms with Gasteiger partial charge in [0, 0.05) is 19.8 Å². The Hall–Kier alpha value is -0.0800. The van der Waals surface area contributed by atoms with Gasteiger partial charge in [-0.3, -0.25) is 0 Å². The summed E-state index contributed by atoms with van der Waals surface area (Å²) in [5.74, 6) is 1.43. The van der Waals surface area contributed by atoms with E-state index in [0.717, 1.165) is 19.1 Å². The Kier molecular flexibility index (Phi) is 8.20. The van der Waals surface area contributed by atoms with E-state index in [0.29, 0.717) is 12.0 Å². The maximum atomic E-state index is 5.16. The summed E-state index contributed by atoms with van der Waals surface area (Å²) < 4.78 is 5.16. The molecule has 2 heteroatoms. The van der Waals surface area contributed by atoms with Crippen LogP contribution in [0.2, 0.25) is 0 Å². The number of methoxy groups -OCH3 is 1. The molecule has 0 aromatic heterocycles. The average molecular weight is 201 g/mol. The highest BCUT2D eigenvalue weighted by Crippen LogP contribution is 2.13. The van der Waals surface area contributed by atoms with Gasteiger partial charge in [0.1, 0.15) is 0 Å². The minimum atomic E-state index is 0.655. The zero-order valence-corrected chi connectivity index (χ0v) is 10.5. The quantitative estimate of drug-likeness (QED) is 0.652. The van der Waals surface area contributed by atoms with Crippen LogP contribution in [-0.2, 0) is 4.74 Å². The van der Waals surface area contributed by atoms with Crippen LogP contribution < -0.4 is 5.32 Å². The highest BCUT2D eigenvalue weighted by Gasteiger charge is 2.13. The predicted molar refractivity (Wildman–Crippen MR) is 62.6 cm³/mol. The second-order valence-corrected chi connectivity index (χ2v) is 4.68. The molecular weight excluding hydrogens is 174 g/mol. The first-order valence-electron chi connectivity index (χ1n) is 5.82. The normalized spacial score (nSPS) is 15.9. The third kappa shape index (κ3) is 7.34. The van der Waals surface area contributed by atoms with Gasteiger partial charge in [-0.1, -0.05) is 27.7 Å². The van der Waals surface area contributed by atoms with Gasteiger partial charge in [-0.25, -0.2) is 0 Å². The minimum Gasteiger partial charge on any atom is -0.384 e. The Morgan fingerprint density at radius 3 is 2.21 bits per heavy atom. The molecule has 0 aromatic rings. The molecule has 2 nitrogen and oxygen atoms in total. The van der Waals surface area contributed by atoms with E-state index in [1.54, 1.807) is 7.11 Å².